The van der Waals surface area contributed by atoms with Gasteiger partial charge in [0.15, 0.2) is 5.65 Å². The second kappa shape index (κ2) is 13.0. The van der Waals surface area contributed by atoms with E-state index < -0.39 is 5.82 Å². The molecule has 2 aliphatic rings. The molecule has 1 saturated heterocycles. The molecule has 3 heterocycles. The lowest BCUT2D eigenvalue weighted by Crippen LogP contribution is -2.47. The third-order valence-corrected chi connectivity index (χ3v) is 8.67. The van der Waals surface area contributed by atoms with Gasteiger partial charge in [-0.15, -0.1) is 0 Å². The second-order valence-electron chi connectivity index (χ2n) is 11.4. The maximum Gasteiger partial charge on any atom is 0.321 e. The number of benzene rings is 2. The minimum absolute atomic E-state index is 0.0135. The number of nitrogens with one attached hydrogen (secondary N) is 3. The minimum atomic E-state index is -0.693. The molecule has 1 aliphatic heterocycles. The quantitative estimate of drug-likeness (QED) is 0.206. The molecule has 45 heavy (non-hydrogen) atoms. The van der Waals surface area contributed by atoms with Crippen molar-refractivity contribution in [2.45, 2.75) is 50.6 Å². The number of nitrogens with two attached hydrogens (primary N) is 1. The summed E-state index contributed by atoms with van der Waals surface area (Å²) in [5.74, 6) is -0.536. The number of piperidine rings is 1. The highest BCUT2D eigenvalue weighted by Crippen LogP contribution is 2.38. The molecule has 4 aromatic rings. The van der Waals surface area contributed by atoms with E-state index in [0.29, 0.717) is 61.8 Å². The van der Waals surface area contributed by atoms with E-state index in [-0.39, 0.29) is 46.2 Å². The van der Waals surface area contributed by atoms with Gasteiger partial charge in [0.2, 0.25) is 17.8 Å². The number of fused-ring (bicyclic) bond motifs is 1. The fourth-order valence-electron chi connectivity index (χ4n) is 6.07. The van der Waals surface area contributed by atoms with E-state index >= 15 is 4.39 Å². The van der Waals surface area contributed by atoms with Crippen LogP contribution in [0.4, 0.5) is 32.5 Å². The molecule has 0 bridgehead atoms. The van der Waals surface area contributed by atoms with Crippen molar-refractivity contribution in [3.63, 3.8) is 0 Å². The number of primary amides is 1. The number of carbonyl (C=O) groups excluding carboxylic acids is 2. The highest BCUT2D eigenvalue weighted by atomic mass is 35.5. The van der Waals surface area contributed by atoms with Crippen molar-refractivity contribution in [3.8, 4) is 6.07 Å². The zero-order chi connectivity index (χ0) is 31.5. The Morgan fingerprint density at radius 3 is 2.58 bits per heavy atom. The zero-order valence-electron chi connectivity index (χ0n) is 24.3. The first-order valence-corrected chi connectivity index (χ1v) is 15.2. The standard InChI is InChI=1S/C31H32ClFN10O2/c32-23-13-18(15-34)14-24(33)26(23)40-30-39-25-16-36-29(41-28(25)43(30)22-10-8-19(9-11-22)27(35)44)37-21-7-4-12-42(17-21)31(45)38-20-5-2-1-3-6-20/h1-3,5-6,13-14,16,19,21-22H,4,7-12,17H2,(H2,35,44)(H,38,45)(H,39,40)(H,36,37,41)/t19-,21-,22-/m1/s1. The Bertz CT molecular complexity index is 1740. The van der Waals surface area contributed by atoms with E-state index in [1.54, 1.807) is 11.1 Å². The number of para-hydroxylation sites is 1. The molecule has 1 aliphatic carbocycles. The molecule has 0 radical (unpaired) electrons. The fourth-order valence-corrected chi connectivity index (χ4v) is 6.32. The van der Waals surface area contributed by atoms with Gasteiger partial charge in [0.05, 0.1) is 28.5 Å². The van der Waals surface area contributed by atoms with Crippen LogP contribution in [0.5, 0.6) is 0 Å². The van der Waals surface area contributed by atoms with Crippen LogP contribution in [-0.4, -0.2) is 55.5 Å². The Balaban J connectivity index is 1.27. The third kappa shape index (κ3) is 6.61. The molecule has 2 aromatic carbocycles. The maximum absolute atomic E-state index is 15.0. The van der Waals surface area contributed by atoms with Gasteiger partial charge in [0.1, 0.15) is 11.3 Å². The highest BCUT2D eigenvalue weighted by Gasteiger charge is 2.30. The summed E-state index contributed by atoms with van der Waals surface area (Å²) in [6, 6.07) is 13.3. The number of amides is 3. The van der Waals surface area contributed by atoms with Gasteiger partial charge in [-0.05, 0) is 62.8 Å². The van der Waals surface area contributed by atoms with E-state index in [2.05, 4.69) is 25.9 Å². The van der Waals surface area contributed by atoms with Crippen molar-refractivity contribution in [3.05, 3.63) is 65.1 Å². The number of likely N-dealkylation sites (tertiary alicyclic amines) is 1. The first-order chi connectivity index (χ1) is 21.8. The number of anilines is 4. The van der Waals surface area contributed by atoms with Crippen molar-refractivity contribution in [1.29, 1.82) is 5.26 Å². The zero-order valence-corrected chi connectivity index (χ0v) is 25.1. The summed E-state index contributed by atoms with van der Waals surface area (Å²) in [5, 5.41) is 18.6. The summed E-state index contributed by atoms with van der Waals surface area (Å²) < 4.78 is 16.9. The minimum Gasteiger partial charge on any atom is -0.369 e. The molecule has 3 amide bonds. The molecule has 14 heteroatoms. The van der Waals surface area contributed by atoms with Crippen molar-refractivity contribution >= 4 is 58.0 Å². The smallest absolute Gasteiger partial charge is 0.321 e. The monoisotopic (exact) mass is 630 g/mol. The van der Waals surface area contributed by atoms with Gasteiger partial charge in [0, 0.05) is 36.8 Å². The van der Waals surface area contributed by atoms with Gasteiger partial charge in [0.25, 0.3) is 0 Å². The number of hydrogen-bond acceptors (Lipinski definition) is 8. The van der Waals surface area contributed by atoms with Crippen LogP contribution in [0.1, 0.15) is 50.1 Å². The van der Waals surface area contributed by atoms with Crippen LogP contribution in [0, 0.1) is 23.1 Å². The van der Waals surface area contributed by atoms with E-state index in [9.17, 15) is 14.9 Å². The van der Waals surface area contributed by atoms with E-state index in [1.165, 1.54) is 6.07 Å². The number of rotatable bonds is 7. The molecule has 12 nitrogen and oxygen atoms in total. The van der Waals surface area contributed by atoms with Crippen LogP contribution in [-0.2, 0) is 4.79 Å². The Labute approximate surface area is 263 Å². The van der Waals surface area contributed by atoms with Gasteiger partial charge in [-0.2, -0.15) is 10.2 Å². The average molecular weight is 631 g/mol. The number of imidazole rings is 1. The molecular weight excluding hydrogens is 599 g/mol. The molecule has 0 unspecified atom stereocenters. The fraction of sp³-hybridized carbons (Fsp3) is 0.355. The number of carbonyl (C=O) groups is 2. The molecule has 2 aromatic heterocycles. The number of hydrogen-bond donors (Lipinski definition) is 4. The lowest BCUT2D eigenvalue weighted by Gasteiger charge is -2.33. The van der Waals surface area contributed by atoms with Crippen molar-refractivity contribution in [2.75, 3.05) is 29.0 Å². The van der Waals surface area contributed by atoms with Crippen LogP contribution < -0.4 is 21.7 Å². The third-order valence-electron chi connectivity index (χ3n) is 8.37. The van der Waals surface area contributed by atoms with E-state index in [4.69, 9.17) is 22.3 Å². The normalized spacial score (nSPS) is 19.9. The van der Waals surface area contributed by atoms with Gasteiger partial charge < -0.3 is 26.6 Å². The van der Waals surface area contributed by atoms with Gasteiger partial charge in [-0.1, -0.05) is 29.8 Å². The number of urea groups is 1. The lowest BCUT2D eigenvalue weighted by atomic mass is 9.85. The van der Waals surface area contributed by atoms with E-state index in [0.717, 1.165) is 24.6 Å². The van der Waals surface area contributed by atoms with Gasteiger partial charge >= 0.3 is 6.03 Å². The first kappa shape index (κ1) is 30.1. The highest BCUT2D eigenvalue weighted by molar-refractivity contribution is 6.33. The molecule has 6 rings (SSSR count). The van der Waals surface area contributed by atoms with Gasteiger partial charge in [-0.25, -0.2) is 19.2 Å². The molecule has 1 atom stereocenters. The summed E-state index contributed by atoms with van der Waals surface area (Å²) >= 11 is 6.35. The summed E-state index contributed by atoms with van der Waals surface area (Å²) in [4.78, 5) is 40.5. The molecule has 5 N–H and O–H groups in total. The molecule has 232 valence electrons. The maximum atomic E-state index is 15.0. The Morgan fingerprint density at radius 2 is 1.87 bits per heavy atom. The lowest BCUT2D eigenvalue weighted by molar-refractivity contribution is -0.122. The largest absolute Gasteiger partial charge is 0.369 e. The Morgan fingerprint density at radius 1 is 1.09 bits per heavy atom. The van der Waals surface area contributed by atoms with Crippen LogP contribution in [0.15, 0.2) is 48.7 Å². The second-order valence-corrected chi connectivity index (χ2v) is 11.8. The molecule has 0 spiro atoms. The average Bonchev–Trinajstić information content (AvgIpc) is 3.40. The SMILES string of the molecule is N#Cc1cc(F)c(Nc2nc3cnc(N[C@@H]4CCCN(C(=O)Nc5ccccc5)C4)nc3n2[C@H]2CC[C@H](C(N)=O)CC2)c(Cl)c1. The van der Waals surface area contributed by atoms with Crippen LogP contribution in [0.25, 0.3) is 11.2 Å². The predicted octanol–water partition coefficient (Wildman–Crippen LogP) is 5.56. The van der Waals surface area contributed by atoms with Crippen molar-refractivity contribution in [1.82, 2.24) is 24.4 Å². The van der Waals surface area contributed by atoms with E-state index in [1.807, 2.05) is 41.0 Å². The predicted molar refractivity (Wildman–Crippen MR) is 169 cm³/mol. The van der Waals surface area contributed by atoms with Crippen LogP contribution in [0.2, 0.25) is 5.02 Å². The summed E-state index contributed by atoms with van der Waals surface area (Å²) in [7, 11) is 0. The first-order valence-electron chi connectivity index (χ1n) is 14.9. The summed E-state index contributed by atoms with van der Waals surface area (Å²) in [5.41, 5.74) is 7.41. The molecule has 2 fully saturated rings. The number of halogens is 2. The number of nitriles is 1. The van der Waals surface area contributed by atoms with Gasteiger partial charge in [-0.3, -0.25) is 9.36 Å². The summed E-state index contributed by atoms with van der Waals surface area (Å²) in [6.45, 7) is 1.11. The Kier molecular flexibility index (Phi) is 8.66. The van der Waals surface area contributed by atoms with Crippen molar-refractivity contribution < 1.29 is 14.0 Å². The molecule has 1 saturated carbocycles. The van der Waals surface area contributed by atoms with Crippen LogP contribution >= 0.6 is 11.6 Å². The summed E-state index contributed by atoms with van der Waals surface area (Å²) in [6.07, 6.45) is 5.72. The topological polar surface area (TPSA) is 167 Å². The number of aromatic nitrogens is 4. The molecular formula is C31H32ClFN10O2. The Hall–Kier alpha value is -4.96. The number of nitrogens with zero attached hydrogens (tertiary/aromatic N) is 6. The van der Waals surface area contributed by atoms with Crippen LogP contribution in [0.3, 0.4) is 0 Å². The van der Waals surface area contributed by atoms with Crippen molar-refractivity contribution in [2.24, 2.45) is 11.7 Å².